The van der Waals surface area contributed by atoms with Gasteiger partial charge in [-0.2, -0.15) is 0 Å². The molecule has 0 atom stereocenters. The van der Waals surface area contributed by atoms with Crippen LogP contribution in [0.2, 0.25) is 1.41 Å². The fraction of sp³-hybridized carbons (Fsp3) is 0. The molecule has 0 fully saturated rings. The Balaban J connectivity index is 2.09. The van der Waals surface area contributed by atoms with Gasteiger partial charge in [0.05, 0.1) is 16.7 Å². The number of halogens is 2. The Morgan fingerprint density at radius 3 is 2.04 bits per heavy atom. The summed E-state index contributed by atoms with van der Waals surface area (Å²) in [6.07, 6.45) is 0. The van der Waals surface area contributed by atoms with Gasteiger partial charge in [0.15, 0.2) is 1.41 Å². The fourth-order valence-corrected chi connectivity index (χ4v) is 2.56. The second-order valence-corrected chi connectivity index (χ2v) is 6.69. The van der Waals surface area contributed by atoms with E-state index < -0.39 is 0 Å². The van der Waals surface area contributed by atoms with Gasteiger partial charge in [0.2, 0.25) is 0 Å². The van der Waals surface area contributed by atoms with E-state index in [4.69, 9.17) is 6.40 Å². The van der Waals surface area contributed by atoms with E-state index in [0.717, 1.165) is 25.7 Å². The molecule has 0 unspecified atom stereocenters. The van der Waals surface area contributed by atoms with Crippen LogP contribution in [0.3, 0.4) is 0 Å². The molecule has 0 amide bonds. The van der Waals surface area contributed by atoms with Crippen molar-refractivity contribution in [3.05, 3.63) is 93.2 Å². The molecule has 2 nitrogen and oxygen atoms in total. The van der Waals surface area contributed by atoms with Crippen LogP contribution < -0.4 is 10.7 Å². The highest BCUT2D eigenvalue weighted by Gasteiger charge is 1.98. The van der Waals surface area contributed by atoms with Crippen molar-refractivity contribution < 1.29 is 1.41 Å². The molecule has 0 aliphatic heterocycles. The predicted molar refractivity (Wildman–Crippen MR) is 103 cm³/mol. The monoisotopic (exact) mass is 429 g/mol. The van der Waals surface area contributed by atoms with Crippen LogP contribution in [0.5, 0.6) is 0 Å². The van der Waals surface area contributed by atoms with Crippen LogP contribution in [0.1, 0.15) is 0 Å². The Kier molecular flexibility index (Phi) is 4.83. The minimum atomic E-state index is 0.713. The van der Waals surface area contributed by atoms with Gasteiger partial charge in [0.1, 0.15) is 0 Å². The van der Waals surface area contributed by atoms with Gasteiger partial charge in [-0.25, -0.2) is 4.99 Å². The molecule has 0 saturated carbocycles. The summed E-state index contributed by atoms with van der Waals surface area (Å²) in [6.45, 7) is 0. The van der Waals surface area contributed by atoms with E-state index in [9.17, 15) is 0 Å². The minimum absolute atomic E-state index is 0.713. The third kappa shape index (κ3) is 4.53. The first kappa shape index (κ1) is 14.7. The molecule has 0 spiro atoms. The summed E-state index contributed by atoms with van der Waals surface area (Å²) in [6, 6.07) is 25.0. The Morgan fingerprint density at radius 1 is 0.739 bits per heavy atom. The number of hydrogen-bond donors (Lipinski definition) is 1. The molecule has 0 aromatic heterocycles. The van der Waals surface area contributed by atoms with Crippen molar-refractivity contribution in [2.75, 3.05) is 5.31 Å². The maximum atomic E-state index is 8.50. The Labute approximate surface area is 153 Å². The maximum Gasteiger partial charge on any atom is 0.167 e. The first-order valence-electron chi connectivity index (χ1n) is 7.52. The van der Waals surface area contributed by atoms with Crippen molar-refractivity contribution in [2.45, 2.75) is 0 Å². The molecule has 3 rings (SSSR count). The van der Waals surface area contributed by atoms with Crippen LogP contribution >= 0.6 is 31.9 Å². The van der Waals surface area contributed by atoms with E-state index in [1.165, 1.54) is 5.31 Å². The number of nitrogens with one attached hydrogen (secondary N) is 1. The number of rotatable bonds is 3. The first-order chi connectivity index (χ1) is 11.6. The van der Waals surface area contributed by atoms with Gasteiger partial charge < -0.3 is 5.31 Å². The number of hydrogen-bond acceptors (Lipinski definition) is 2. The minimum Gasteiger partial charge on any atom is -0.354 e. The van der Waals surface area contributed by atoms with E-state index in [0.29, 0.717) is 5.69 Å². The normalized spacial score (nSPS) is 11.9. The summed E-state index contributed by atoms with van der Waals surface area (Å²) < 4.78 is 10.5. The molecule has 0 bridgehead atoms. The van der Waals surface area contributed by atoms with Gasteiger partial charge >= 0.3 is 0 Å². The molecule has 3 aromatic rings. The highest BCUT2D eigenvalue weighted by Crippen LogP contribution is 2.19. The molecule has 3 aromatic carbocycles. The molecule has 0 heterocycles. The van der Waals surface area contributed by atoms with Crippen molar-refractivity contribution in [2.24, 2.45) is 4.99 Å². The second kappa shape index (κ2) is 7.57. The lowest BCUT2D eigenvalue weighted by atomic mass is 10.3. The van der Waals surface area contributed by atoms with E-state index in [2.05, 4.69) is 31.9 Å². The number of benzene rings is 2. The lowest BCUT2D eigenvalue weighted by Gasteiger charge is -2.05. The van der Waals surface area contributed by atoms with Crippen molar-refractivity contribution in [1.29, 1.82) is 0 Å². The Morgan fingerprint density at radius 2 is 1.35 bits per heavy atom. The van der Waals surface area contributed by atoms with Gasteiger partial charge in [-0.3, -0.25) is 0 Å². The zero-order chi connectivity index (χ0) is 16.9. The van der Waals surface area contributed by atoms with Crippen molar-refractivity contribution >= 4 is 48.9 Å². The zero-order valence-electron chi connectivity index (χ0n) is 13.2. The van der Waals surface area contributed by atoms with E-state index >= 15 is 0 Å². The molecule has 0 aliphatic rings. The largest absolute Gasteiger partial charge is 0.354 e. The van der Waals surface area contributed by atoms with Gasteiger partial charge in [-0.15, -0.1) is 0 Å². The SMILES string of the molecule is [2H]N(c1ccc(Br)cc1)c1cccccc1=Nc1ccc(Br)cc1. The number of anilines is 2. The third-order valence-corrected chi connectivity index (χ3v) is 4.20. The summed E-state index contributed by atoms with van der Waals surface area (Å²) in [5.41, 5.74) is 2.33. The summed E-state index contributed by atoms with van der Waals surface area (Å²) in [5.74, 6) is 0. The van der Waals surface area contributed by atoms with Crippen molar-refractivity contribution in [3.63, 3.8) is 0 Å². The average molecular weight is 431 g/mol. The predicted octanol–water partition coefficient (Wildman–Crippen LogP) is 6.19. The summed E-state index contributed by atoms with van der Waals surface area (Å²) >= 11 is 6.85. The highest BCUT2D eigenvalue weighted by atomic mass is 79.9. The molecule has 114 valence electrons. The lowest BCUT2D eigenvalue weighted by Crippen LogP contribution is -2.05. The average Bonchev–Trinajstić information content (AvgIpc) is 2.82. The fourth-order valence-electron chi connectivity index (χ4n) is 2.03. The molecule has 0 aliphatic carbocycles. The Bertz CT molecular complexity index is 894. The third-order valence-electron chi connectivity index (χ3n) is 3.15. The molecular weight excluding hydrogens is 416 g/mol. The second-order valence-electron chi connectivity index (χ2n) is 4.86. The highest BCUT2D eigenvalue weighted by molar-refractivity contribution is 9.10. The number of nitrogens with zero attached hydrogens (tertiary/aromatic N) is 1. The van der Waals surface area contributed by atoms with Crippen LogP contribution in [-0.2, 0) is 0 Å². The van der Waals surface area contributed by atoms with Gasteiger partial charge in [-0.05, 0) is 60.7 Å². The van der Waals surface area contributed by atoms with Crippen LogP contribution in [0.25, 0.3) is 0 Å². The molecular formula is C19H14Br2N2. The van der Waals surface area contributed by atoms with Gasteiger partial charge in [0.25, 0.3) is 0 Å². The van der Waals surface area contributed by atoms with Crippen LogP contribution in [-0.4, -0.2) is 0 Å². The van der Waals surface area contributed by atoms with E-state index in [-0.39, 0.29) is 0 Å². The summed E-state index contributed by atoms with van der Waals surface area (Å²) in [4.78, 5) is 4.69. The van der Waals surface area contributed by atoms with Crippen LogP contribution in [0.4, 0.5) is 17.1 Å². The topological polar surface area (TPSA) is 24.4 Å². The summed E-state index contributed by atoms with van der Waals surface area (Å²) in [7, 11) is 0. The first-order valence-corrected chi connectivity index (χ1v) is 8.66. The smallest absolute Gasteiger partial charge is 0.167 e. The maximum absolute atomic E-state index is 8.50. The molecule has 1 N–H and O–H groups in total. The van der Waals surface area contributed by atoms with Crippen molar-refractivity contribution in [3.8, 4) is 0 Å². The van der Waals surface area contributed by atoms with Crippen LogP contribution in [0, 0.1) is 0 Å². The van der Waals surface area contributed by atoms with E-state index in [1.54, 1.807) is 0 Å². The summed E-state index contributed by atoms with van der Waals surface area (Å²) in [5, 5.41) is 2.13. The zero-order valence-corrected chi connectivity index (χ0v) is 15.3. The van der Waals surface area contributed by atoms with Gasteiger partial charge in [0, 0.05) is 14.6 Å². The molecule has 23 heavy (non-hydrogen) atoms. The standard InChI is InChI=1S/C19H14Br2N2/c20-14-6-10-16(11-7-14)22-18-4-2-1-3-5-19(18)23-17-12-8-15(21)9-13-17/h1-13H,(H,22,23)/i/hD. The van der Waals surface area contributed by atoms with Gasteiger partial charge in [-0.1, -0.05) is 50.1 Å². The molecule has 4 heteroatoms. The molecule has 0 saturated heterocycles. The van der Waals surface area contributed by atoms with Crippen LogP contribution in [0.15, 0.2) is 92.8 Å². The van der Waals surface area contributed by atoms with E-state index in [1.807, 2.05) is 78.9 Å². The quantitative estimate of drug-likeness (QED) is 0.526. The van der Waals surface area contributed by atoms with Crippen molar-refractivity contribution in [1.82, 2.24) is 0 Å². The Hall–Kier alpha value is -1.91. The molecule has 0 radical (unpaired) electrons. The lowest BCUT2D eigenvalue weighted by molar-refractivity contribution is 1.34.